The van der Waals surface area contributed by atoms with Gasteiger partial charge in [-0.15, -0.1) is 0 Å². The molecule has 2 aromatic heterocycles. The van der Waals surface area contributed by atoms with Crippen molar-refractivity contribution in [1.29, 1.82) is 0 Å². The summed E-state index contributed by atoms with van der Waals surface area (Å²) in [6.45, 7) is 1.83. The molecule has 238 valence electrons. The van der Waals surface area contributed by atoms with Crippen LogP contribution in [0.25, 0.3) is 43.6 Å². The largest absolute Gasteiger partial charge is 0.497 e. The van der Waals surface area contributed by atoms with Gasteiger partial charge in [-0.3, -0.25) is 0 Å². The van der Waals surface area contributed by atoms with Gasteiger partial charge >= 0.3 is 0 Å². The van der Waals surface area contributed by atoms with Gasteiger partial charge in [-0.2, -0.15) is 0 Å². The Morgan fingerprint density at radius 2 is 0.891 bits per heavy atom. The molecule has 0 unspecified atom stereocenters. The molecule has 6 rings (SSSR count). The number of methoxy groups -OCH3 is 2. The van der Waals surface area contributed by atoms with E-state index in [1.807, 2.05) is 48.5 Å². The Morgan fingerprint density at radius 1 is 0.478 bits per heavy atom. The summed E-state index contributed by atoms with van der Waals surface area (Å²) in [5.74, 6) is 1.65. The molecule has 8 heteroatoms. The molecule has 6 aromatic rings. The predicted molar refractivity (Wildman–Crippen MR) is 196 cm³/mol. The fraction of sp³-hybridized carbons (Fsp3) is 0.316. The summed E-state index contributed by atoms with van der Waals surface area (Å²) in [6.07, 6.45) is 9.70. The van der Waals surface area contributed by atoms with E-state index in [0.29, 0.717) is 10.0 Å². The molecule has 0 fully saturated rings. The van der Waals surface area contributed by atoms with E-state index in [1.54, 1.807) is 14.2 Å². The minimum atomic E-state index is 0.692. The third-order valence-corrected chi connectivity index (χ3v) is 9.06. The van der Waals surface area contributed by atoms with Crippen molar-refractivity contribution in [1.82, 2.24) is 9.97 Å². The first-order valence-corrected chi connectivity index (χ1v) is 16.9. The van der Waals surface area contributed by atoms with E-state index in [0.717, 1.165) is 92.4 Å². The standard InChI is InChI=1S/C38H40Cl2N4O2/c1-45-27-13-17-33-31(23-27)37(29-15-11-25(39)21-35(29)43-33)41-19-9-7-5-3-4-6-8-10-20-42-38-30-16-12-26(40)22-36(30)44-34-18-14-28(46-2)24-32(34)38/h11-18,21-24H,3-10,19-20H2,1-2H3,(H,41,43)(H,42,44). The van der Waals surface area contributed by atoms with E-state index in [-0.39, 0.29) is 0 Å². The summed E-state index contributed by atoms with van der Waals surface area (Å²) < 4.78 is 11.0. The number of nitrogens with one attached hydrogen (secondary N) is 2. The zero-order valence-corrected chi connectivity index (χ0v) is 28.0. The highest BCUT2D eigenvalue weighted by atomic mass is 35.5. The SMILES string of the molecule is COc1ccc2nc3cc(Cl)ccc3c(NCCCCCCCCCCNc3c4ccc(Cl)cc4nc4ccc(OC)cc34)c2c1. The normalized spacial score (nSPS) is 11.5. The van der Waals surface area contributed by atoms with Crippen LogP contribution in [0, 0.1) is 0 Å². The highest BCUT2D eigenvalue weighted by Crippen LogP contribution is 2.35. The molecule has 0 saturated heterocycles. The number of rotatable bonds is 15. The van der Waals surface area contributed by atoms with Crippen molar-refractivity contribution in [3.63, 3.8) is 0 Å². The van der Waals surface area contributed by atoms with Gasteiger partial charge in [0.1, 0.15) is 11.5 Å². The molecule has 0 bridgehead atoms. The number of benzene rings is 4. The monoisotopic (exact) mass is 654 g/mol. The van der Waals surface area contributed by atoms with Gasteiger partial charge < -0.3 is 20.1 Å². The Balaban J connectivity index is 0.942. The molecule has 0 aliphatic carbocycles. The van der Waals surface area contributed by atoms with E-state index in [1.165, 1.54) is 38.5 Å². The van der Waals surface area contributed by atoms with Gasteiger partial charge in [-0.1, -0.05) is 61.7 Å². The van der Waals surface area contributed by atoms with Crippen LogP contribution in [-0.2, 0) is 0 Å². The quantitative estimate of drug-likeness (QED) is 0.0848. The number of halogens is 2. The Labute approximate surface area is 280 Å². The van der Waals surface area contributed by atoms with Crippen LogP contribution in [0.2, 0.25) is 10.0 Å². The zero-order chi connectivity index (χ0) is 31.9. The summed E-state index contributed by atoms with van der Waals surface area (Å²) >= 11 is 12.6. The number of anilines is 2. The highest BCUT2D eigenvalue weighted by molar-refractivity contribution is 6.32. The summed E-state index contributed by atoms with van der Waals surface area (Å²) in [4.78, 5) is 9.66. The lowest BCUT2D eigenvalue weighted by Gasteiger charge is -2.14. The highest BCUT2D eigenvalue weighted by Gasteiger charge is 2.12. The minimum absolute atomic E-state index is 0.692. The van der Waals surface area contributed by atoms with E-state index >= 15 is 0 Å². The molecule has 0 aliphatic rings. The molecule has 0 aliphatic heterocycles. The lowest BCUT2D eigenvalue weighted by molar-refractivity contribution is 0.415. The average molecular weight is 656 g/mol. The number of pyridine rings is 2. The first kappa shape index (κ1) is 32.0. The van der Waals surface area contributed by atoms with E-state index in [4.69, 9.17) is 42.6 Å². The average Bonchev–Trinajstić information content (AvgIpc) is 3.07. The predicted octanol–water partition coefficient (Wildman–Crippen LogP) is 11.1. The van der Waals surface area contributed by atoms with Gasteiger partial charge in [0.15, 0.2) is 0 Å². The van der Waals surface area contributed by atoms with Crippen LogP contribution in [0.15, 0.2) is 72.8 Å². The van der Waals surface area contributed by atoms with Crippen LogP contribution in [0.1, 0.15) is 51.4 Å². The van der Waals surface area contributed by atoms with Crippen molar-refractivity contribution in [2.45, 2.75) is 51.4 Å². The van der Waals surface area contributed by atoms with Crippen LogP contribution in [0.4, 0.5) is 11.4 Å². The molecule has 46 heavy (non-hydrogen) atoms. The maximum absolute atomic E-state index is 6.28. The van der Waals surface area contributed by atoms with Crippen LogP contribution in [0.3, 0.4) is 0 Å². The van der Waals surface area contributed by atoms with Gasteiger partial charge in [0.2, 0.25) is 0 Å². The molecule has 0 spiro atoms. The Morgan fingerprint density at radius 3 is 1.30 bits per heavy atom. The zero-order valence-electron chi connectivity index (χ0n) is 26.5. The van der Waals surface area contributed by atoms with Crippen molar-refractivity contribution in [3.8, 4) is 11.5 Å². The second-order valence-electron chi connectivity index (χ2n) is 11.7. The lowest BCUT2D eigenvalue weighted by atomic mass is 10.1. The van der Waals surface area contributed by atoms with Gasteiger partial charge in [0, 0.05) is 44.7 Å². The van der Waals surface area contributed by atoms with Crippen molar-refractivity contribution in [2.75, 3.05) is 37.9 Å². The molecule has 2 heterocycles. The summed E-state index contributed by atoms with van der Waals surface area (Å²) in [5.41, 5.74) is 5.85. The number of nitrogens with zero attached hydrogens (tertiary/aromatic N) is 2. The maximum Gasteiger partial charge on any atom is 0.119 e. The number of ether oxygens (including phenoxy) is 2. The van der Waals surface area contributed by atoms with Gasteiger partial charge in [-0.05, 0) is 85.6 Å². The van der Waals surface area contributed by atoms with Crippen molar-refractivity contribution < 1.29 is 9.47 Å². The van der Waals surface area contributed by atoms with Gasteiger partial charge in [0.05, 0.1) is 47.7 Å². The van der Waals surface area contributed by atoms with Crippen molar-refractivity contribution in [3.05, 3.63) is 82.8 Å². The maximum atomic E-state index is 6.28. The summed E-state index contributed by atoms with van der Waals surface area (Å²) in [6, 6.07) is 23.8. The number of aromatic nitrogens is 2. The number of fused-ring (bicyclic) bond motifs is 4. The number of hydrogen-bond donors (Lipinski definition) is 2. The Kier molecular flexibility index (Phi) is 10.5. The van der Waals surface area contributed by atoms with Gasteiger partial charge in [0.25, 0.3) is 0 Å². The van der Waals surface area contributed by atoms with Crippen LogP contribution < -0.4 is 20.1 Å². The molecule has 0 saturated carbocycles. The molecular formula is C38H40Cl2N4O2. The molecule has 2 N–H and O–H groups in total. The summed E-state index contributed by atoms with van der Waals surface area (Å²) in [5, 5.41) is 13.1. The molecular weight excluding hydrogens is 615 g/mol. The van der Waals surface area contributed by atoms with Crippen LogP contribution >= 0.6 is 23.2 Å². The fourth-order valence-corrected chi connectivity index (χ4v) is 6.50. The Bertz CT molecular complexity index is 1840. The topological polar surface area (TPSA) is 68.3 Å². The van der Waals surface area contributed by atoms with Gasteiger partial charge in [-0.25, -0.2) is 9.97 Å². The molecule has 0 atom stereocenters. The van der Waals surface area contributed by atoms with E-state index < -0.39 is 0 Å². The molecule has 4 aromatic carbocycles. The second-order valence-corrected chi connectivity index (χ2v) is 12.6. The number of unbranched alkanes of at least 4 members (excludes halogenated alkanes) is 7. The van der Waals surface area contributed by atoms with Crippen molar-refractivity contribution >= 4 is 78.2 Å². The fourth-order valence-electron chi connectivity index (χ4n) is 6.17. The summed E-state index contributed by atoms with van der Waals surface area (Å²) in [7, 11) is 3.39. The Hall–Kier alpha value is -4.00. The smallest absolute Gasteiger partial charge is 0.119 e. The minimum Gasteiger partial charge on any atom is -0.497 e. The van der Waals surface area contributed by atoms with E-state index in [9.17, 15) is 0 Å². The second kappa shape index (κ2) is 15.1. The third-order valence-electron chi connectivity index (χ3n) is 8.59. The molecule has 0 radical (unpaired) electrons. The molecule has 0 amide bonds. The van der Waals surface area contributed by atoms with Crippen LogP contribution in [-0.4, -0.2) is 37.3 Å². The first-order chi connectivity index (χ1) is 22.5. The molecule has 6 nitrogen and oxygen atoms in total. The first-order valence-electron chi connectivity index (χ1n) is 16.2. The third kappa shape index (κ3) is 7.35. The van der Waals surface area contributed by atoms with Crippen molar-refractivity contribution in [2.24, 2.45) is 0 Å². The number of hydrogen-bond acceptors (Lipinski definition) is 6. The van der Waals surface area contributed by atoms with Crippen LogP contribution in [0.5, 0.6) is 11.5 Å². The van der Waals surface area contributed by atoms with E-state index in [2.05, 4.69) is 34.9 Å². The lowest BCUT2D eigenvalue weighted by Crippen LogP contribution is -2.04.